The van der Waals surface area contributed by atoms with Crippen molar-refractivity contribution in [1.29, 1.82) is 0 Å². The number of nitrogens with one attached hydrogen (secondary N) is 1. The standard InChI is InChI=1S/C15H15NO2S/c1-9-7-10(2)13(11(3)8-9)16-15(18)14(17)12-5-4-6-19-12/h4-8H,1-3H3,(H,16,18). The fraction of sp³-hybridized carbons (Fsp3) is 0.200. The Hall–Kier alpha value is -1.94. The fourth-order valence-corrected chi connectivity index (χ4v) is 2.73. The lowest BCUT2D eigenvalue weighted by molar-refractivity contribution is -0.112. The second-order valence-electron chi connectivity index (χ2n) is 4.53. The van der Waals surface area contributed by atoms with Crippen LogP contribution in [0.2, 0.25) is 0 Å². The number of benzene rings is 1. The van der Waals surface area contributed by atoms with Gasteiger partial charge in [-0.05, 0) is 43.3 Å². The zero-order valence-corrected chi connectivity index (χ0v) is 11.9. The van der Waals surface area contributed by atoms with Crippen LogP contribution in [0, 0.1) is 20.8 Å². The molecule has 0 aliphatic rings. The van der Waals surface area contributed by atoms with Crippen LogP contribution in [-0.2, 0) is 4.79 Å². The Morgan fingerprint density at radius 2 is 1.74 bits per heavy atom. The zero-order chi connectivity index (χ0) is 14.0. The second kappa shape index (κ2) is 5.36. The quantitative estimate of drug-likeness (QED) is 0.687. The van der Waals surface area contributed by atoms with Crippen molar-refractivity contribution in [1.82, 2.24) is 0 Å². The van der Waals surface area contributed by atoms with Gasteiger partial charge in [0.1, 0.15) is 0 Å². The van der Waals surface area contributed by atoms with E-state index in [2.05, 4.69) is 5.32 Å². The molecular weight excluding hydrogens is 258 g/mol. The summed E-state index contributed by atoms with van der Waals surface area (Å²) in [4.78, 5) is 24.3. The first kappa shape index (κ1) is 13.5. The third kappa shape index (κ3) is 2.90. The molecular formula is C15H15NO2S. The Bertz CT molecular complexity index is 607. The predicted octanol–water partition coefficient (Wildman–Crippen LogP) is 3.49. The summed E-state index contributed by atoms with van der Waals surface area (Å²) in [7, 11) is 0. The van der Waals surface area contributed by atoms with E-state index >= 15 is 0 Å². The van der Waals surface area contributed by atoms with Crippen molar-refractivity contribution in [2.45, 2.75) is 20.8 Å². The van der Waals surface area contributed by atoms with Crippen molar-refractivity contribution < 1.29 is 9.59 Å². The molecule has 1 amide bonds. The average molecular weight is 273 g/mol. The van der Waals surface area contributed by atoms with E-state index in [0.717, 1.165) is 22.4 Å². The number of carbonyl (C=O) groups excluding carboxylic acids is 2. The van der Waals surface area contributed by atoms with Crippen molar-refractivity contribution in [3.63, 3.8) is 0 Å². The van der Waals surface area contributed by atoms with E-state index in [1.165, 1.54) is 11.3 Å². The van der Waals surface area contributed by atoms with Gasteiger partial charge < -0.3 is 5.32 Å². The molecule has 0 atom stereocenters. The molecule has 0 saturated heterocycles. The van der Waals surface area contributed by atoms with Crippen LogP contribution in [0.15, 0.2) is 29.6 Å². The smallest absolute Gasteiger partial charge is 0.297 e. The number of amides is 1. The van der Waals surface area contributed by atoms with Crippen LogP contribution >= 0.6 is 11.3 Å². The first-order valence-electron chi connectivity index (χ1n) is 5.96. The van der Waals surface area contributed by atoms with E-state index in [9.17, 15) is 9.59 Å². The highest BCUT2D eigenvalue weighted by Gasteiger charge is 2.18. The first-order chi connectivity index (χ1) is 8.99. The summed E-state index contributed by atoms with van der Waals surface area (Å²) in [5, 5.41) is 4.49. The van der Waals surface area contributed by atoms with E-state index in [4.69, 9.17) is 0 Å². The van der Waals surface area contributed by atoms with Gasteiger partial charge in [0.25, 0.3) is 11.7 Å². The van der Waals surface area contributed by atoms with E-state index in [0.29, 0.717) is 4.88 Å². The van der Waals surface area contributed by atoms with Gasteiger partial charge in [-0.2, -0.15) is 0 Å². The Morgan fingerprint density at radius 3 is 2.26 bits per heavy atom. The number of hydrogen-bond donors (Lipinski definition) is 1. The number of Topliss-reactive ketones (excluding diaryl/α,β-unsaturated/α-hetero) is 1. The summed E-state index contributed by atoms with van der Waals surface area (Å²) in [5.74, 6) is -1.08. The van der Waals surface area contributed by atoms with Crippen molar-refractivity contribution in [3.8, 4) is 0 Å². The molecule has 0 spiro atoms. The lowest BCUT2D eigenvalue weighted by Crippen LogP contribution is -2.23. The van der Waals surface area contributed by atoms with Gasteiger partial charge >= 0.3 is 0 Å². The third-order valence-corrected chi connectivity index (χ3v) is 3.74. The summed E-state index contributed by atoms with van der Waals surface area (Å²) in [6.45, 7) is 5.85. The Balaban J connectivity index is 2.22. The molecule has 0 bridgehead atoms. The minimum atomic E-state index is -0.586. The number of thiophene rings is 1. The van der Waals surface area contributed by atoms with Gasteiger partial charge in [-0.1, -0.05) is 23.8 Å². The summed E-state index contributed by atoms with van der Waals surface area (Å²) < 4.78 is 0. The molecule has 0 aliphatic carbocycles. The highest BCUT2D eigenvalue weighted by molar-refractivity contribution is 7.13. The first-order valence-corrected chi connectivity index (χ1v) is 6.84. The summed E-state index contributed by atoms with van der Waals surface area (Å²) in [5.41, 5.74) is 3.78. The van der Waals surface area contributed by atoms with Crippen molar-refractivity contribution in [2.24, 2.45) is 0 Å². The van der Waals surface area contributed by atoms with E-state index < -0.39 is 11.7 Å². The lowest BCUT2D eigenvalue weighted by atomic mass is 10.0. The topological polar surface area (TPSA) is 46.2 Å². The summed E-state index contributed by atoms with van der Waals surface area (Å²) in [6, 6.07) is 7.38. The minimum absolute atomic E-state index is 0.458. The molecule has 1 aromatic carbocycles. The van der Waals surface area contributed by atoms with Crippen molar-refractivity contribution in [2.75, 3.05) is 5.32 Å². The molecule has 0 aliphatic heterocycles. The number of rotatable bonds is 3. The molecule has 0 fully saturated rings. The number of aryl methyl sites for hydroxylation is 3. The Labute approximate surface area is 116 Å². The number of ketones is 1. The molecule has 3 nitrogen and oxygen atoms in total. The normalized spacial score (nSPS) is 10.3. The van der Waals surface area contributed by atoms with Crippen LogP contribution in [0.1, 0.15) is 26.4 Å². The van der Waals surface area contributed by atoms with Gasteiger partial charge in [0.15, 0.2) is 0 Å². The monoisotopic (exact) mass is 273 g/mol. The van der Waals surface area contributed by atoms with Crippen LogP contribution in [-0.4, -0.2) is 11.7 Å². The molecule has 2 rings (SSSR count). The molecule has 98 valence electrons. The van der Waals surface area contributed by atoms with Crippen LogP contribution in [0.25, 0.3) is 0 Å². The van der Waals surface area contributed by atoms with Gasteiger partial charge in [-0.15, -0.1) is 11.3 Å². The van der Waals surface area contributed by atoms with Crippen LogP contribution in [0.4, 0.5) is 5.69 Å². The fourth-order valence-electron chi connectivity index (χ4n) is 2.07. The predicted molar refractivity (Wildman–Crippen MR) is 77.9 cm³/mol. The van der Waals surface area contributed by atoms with Gasteiger partial charge in [0.2, 0.25) is 0 Å². The van der Waals surface area contributed by atoms with E-state index in [1.54, 1.807) is 17.5 Å². The maximum absolute atomic E-state index is 11.9. The summed E-state index contributed by atoms with van der Waals surface area (Å²) in [6.07, 6.45) is 0. The average Bonchev–Trinajstić information content (AvgIpc) is 2.86. The third-order valence-electron chi connectivity index (χ3n) is 2.87. The van der Waals surface area contributed by atoms with Gasteiger partial charge in [0.05, 0.1) is 4.88 Å². The molecule has 4 heteroatoms. The molecule has 0 unspecified atom stereocenters. The number of anilines is 1. The maximum atomic E-state index is 11.9. The number of carbonyl (C=O) groups is 2. The highest BCUT2D eigenvalue weighted by Crippen LogP contribution is 2.22. The molecule has 1 N–H and O–H groups in total. The number of hydrogen-bond acceptors (Lipinski definition) is 3. The maximum Gasteiger partial charge on any atom is 0.297 e. The van der Waals surface area contributed by atoms with E-state index in [-0.39, 0.29) is 0 Å². The van der Waals surface area contributed by atoms with Gasteiger partial charge in [0, 0.05) is 5.69 Å². The van der Waals surface area contributed by atoms with Gasteiger partial charge in [-0.25, -0.2) is 0 Å². The SMILES string of the molecule is Cc1cc(C)c(NC(=O)C(=O)c2cccs2)c(C)c1. The largest absolute Gasteiger partial charge is 0.319 e. The second-order valence-corrected chi connectivity index (χ2v) is 5.48. The molecule has 1 heterocycles. The Kier molecular flexibility index (Phi) is 3.81. The molecule has 1 aromatic heterocycles. The van der Waals surface area contributed by atoms with E-state index in [1.807, 2.05) is 32.9 Å². The minimum Gasteiger partial charge on any atom is -0.319 e. The van der Waals surface area contributed by atoms with Crippen LogP contribution < -0.4 is 5.32 Å². The zero-order valence-electron chi connectivity index (χ0n) is 11.1. The molecule has 2 aromatic rings. The molecule has 0 radical (unpaired) electrons. The lowest BCUT2D eigenvalue weighted by Gasteiger charge is -2.11. The summed E-state index contributed by atoms with van der Waals surface area (Å²) >= 11 is 1.27. The van der Waals surface area contributed by atoms with Crippen molar-refractivity contribution in [3.05, 3.63) is 51.2 Å². The van der Waals surface area contributed by atoms with Gasteiger partial charge in [-0.3, -0.25) is 9.59 Å². The van der Waals surface area contributed by atoms with Crippen molar-refractivity contribution >= 4 is 28.7 Å². The highest BCUT2D eigenvalue weighted by atomic mass is 32.1. The molecule has 0 saturated carbocycles. The Morgan fingerprint density at radius 1 is 1.11 bits per heavy atom. The van der Waals surface area contributed by atoms with Crippen LogP contribution in [0.3, 0.4) is 0 Å². The molecule has 19 heavy (non-hydrogen) atoms. The van der Waals surface area contributed by atoms with Crippen LogP contribution in [0.5, 0.6) is 0 Å².